The molecule has 11 rings (SSSR count). The van der Waals surface area contributed by atoms with E-state index in [0.717, 1.165) is 68.1 Å². The molecule has 0 saturated carbocycles. The number of aromatic nitrogens is 22. The number of ketones is 1. The van der Waals surface area contributed by atoms with Gasteiger partial charge in [0.1, 0.15) is 92.9 Å². The number of carbonyl (C=O) groups is 14. The minimum atomic E-state index is -1.03. The first-order chi connectivity index (χ1) is 65.9. The number of hydrogen-bond acceptors (Lipinski definition) is 38. The molecule has 11 aromatic heterocycles. The number of H-pyrrole nitrogens is 3. The van der Waals surface area contributed by atoms with Crippen LogP contribution < -0.4 is 100 Å². The SMILES string of the molecule is CC(=O)CN(CCNC(=O)CN(CCNC(=O)CN(CCNC(=O)CN(CCNC(=O)CN(CCNC(=O)CN(CCNC(=O)CN(CCN)C(=O)Cn1cnc2c(=O)[nH]c(N)nc21)C(=O)Cn1ccc(N)nc1=O)C(=O)Cn1cnc2c(N)ncnc21)C(=O)Cn1cc(C)c(=O)[nH]c1=O)C(=O)Cn1cc(C)c(=O)[nH]c1=O)C(=O)Cn1cnc2c(N)ncnc21)C(=O)Cn1cnc2c(N)ncnc21. The number of amides is 13. The summed E-state index contributed by atoms with van der Waals surface area (Å²) < 4.78 is 7.84. The van der Waals surface area contributed by atoms with Crippen LogP contribution in [0.25, 0.3) is 44.7 Å². The summed E-state index contributed by atoms with van der Waals surface area (Å²) in [6.07, 6.45) is 11.8. The second-order valence-electron chi connectivity index (χ2n) is 30.9. The highest BCUT2D eigenvalue weighted by Crippen LogP contribution is 2.19. The van der Waals surface area contributed by atoms with E-state index in [2.05, 4.69) is 107 Å². The van der Waals surface area contributed by atoms with E-state index in [4.69, 9.17) is 34.4 Å². The molecule has 0 aliphatic heterocycles. The first-order valence-electron chi connectivity index (χ1n) is 42.0. The zero-order valence-electron chi connectivity index (χ0n) is 74.4. The van der Waals surface area contributed by atoms with Crippen molar-refractivity contribution in [2.45, 2.75) is 66.6 Å². The van der Waals surface area contributed by atoms with E-state index < -0.39 is 254 Å². The number of aromatic amines is 3. The molecule has 0 aromatic carbocycles. The van der Waals surface area contributed by atoms with Gasteiger partial charge in [-0.3, -0.25) is 110 Å². The minimum absolute atomic E-state index is 0.00342. The first-order valence-corrected chi connectivity index (χ1v) is 42.0. The second kappa shape index (κ2) is 46.4. The van der Waals surface area contributed by atoms with Gasteiger partial charge in [0, 0.05) is 121 Å². The topological polar surface area (TPSA) is 829 Å². The van der Waals surface area contributed by atoms with Gasteiger partial charge in [0.05, 0.1) is 71.1 Å². The van der Waals surface area contributed by atoms with E-state index in [9.17, 15) is 95.9 Å². The van der Waals surface area contributed by atoms with E-state index in [0.29, 0.717) is 0 Å². The number of nitrogens with two attached hydrogens (primary N) is 6. The standard InChI is InChI=1S/C77H97N41O20/c1-43-20-113(76(137)103-71(43)133)30-54(127)108(26-50(123)89-11-19-110(58(131)33-116-40-97-61-65(81)91-37-94-68(61)116)27-51(124)84-6-14-106(22-45(3)119)57(130)32-115-39-96-60-64(80)90-36-93-67(60)115)16-8-86-49(122)25-109(55(128)31-114-21-44(2)72(134)104-77(114)138)17-9-87-52(125)28-111(59(132)34-117-41-98-62-66(82)92-38-95-69(62)117)18-10-88-48(121)24-107(53(126)29-112-12-4-46(79)100-75(112)136)15-7-85-47(120)23-105(13-5-78)56(129)35-118-42-99-63-70(118)101-74(83)102-73(63)135/h4,12,20-21,36-42H,5-11,13-19,22-35,78H2,1-3H3,(H,84,124)(H,85,120)(H,86,122)(H,87,125)(H,88,121)(H,89,123)(H2,79,100,136)(H2,80,90,93)(H2,81,91,94)(H2,82,92,95)(H,103,133,137)(H,104,134,138)(H3,83,101,102,135). The molecule has 11 heterocycles. The zero-order valence-corrected chi connectivity index (χ0v) is 74.4. The Labute approximate surface area is 774 Å². The molecule has 0 atom stereocenters. The lowest BCUT2D eigenvalue weighted by atomic mass is 10.3. The Morgan fingerprint density at radius 2 is 0.616 bits per heavy atom. The van der Waals surface area contributed by atoms with Crippen molar-refractivity contribution < 1.29 is 67.1 Å². The van der Waals surface area contributed by atoms with Gasteiger partial charge in [-0.05, 0) is 26.8 Å². The summed E-state index contributed by atoms with van der Waals surface area (Å²) in [5.74, 6) is -11.4. The molecule has 0 aliphatic rings. The van der Waals surface area contributed by atoms with Gasteiger partial charge >= 0.3 is 17.1 Å². The second-order valence-corrected chi connectivity index (χ2v) is 30.9. The van der Waals surface area contributed by atoms with Crippen molar-refractivity contribution in [2.24, 2.45) is 5.73 Å². The van der Waals surface area contributed by atoms with Crippen LogP contribution in [-0.4, -0.2) is 361 Å². The zero-order chi connectivity index (χ0) is 99.7. The largest absolute Gasteiger partial charge is 0.383 e. The van der Waals surface area contributed by atoms with Gasteiger partial charge in [-0.1, -0.05) is 0 Å². The first kappa shape index (κ1) is 101. The van der Waals surface area contributed by atoms with E-state index in [1.165, 1.54) is 87.8 Å². The molecule has 11 aromatic rings. The monoisotopic (exact) mass is 1920 g/mol. The van der Waals surface area contributed by atoms with E-state index in [1.54, 1.807) is 0 Å². The van der Waals surface area contributed by atoms with Gasteiger partial charge in [0.2, 0.25) is 82.7 Å². The third-order valence-corrected chi connectivity index (χ3v) is 20.7. The average molecular weight is 1920 g/mol. The molecule has 61 heteroatoms. The molecule has 0 unspecified atom stereocenters. The lowest BCUT2D eigenvalue weighted by Crippen LogP contribution is -2.50. The Kier molecular flexibility index (Phi) is 33.8. The highest BCUT2D eigenvalue weighted by atomic mass is 16.2. The van der Waals surface area contributed by atoms with Crippen molar-refractivity contribution in [2.75, 3.05) is 166 Å². The fourth-order valence-electron chi connectivity index (χ4n) is 13.7. The molecular formula is C77H97N41O20. The normalized spacial score (nSPS) is 11.1. The van der Waals surface area contributed by atoms with Crippen LogP contribution in [0.5, 0.6) is 0 Å². The van der Waals surface area contributed by atoms with Crippen LogP contribution in [0.2, 0.25) is 0 Å². The van der Waals surface area contributed by atoms with Crippen LogP contribution in [0.1, 0.15) is 18.1 Å². The van der Waals surface area contributed by atoms with Crippen LogP contribution in [0.4, 0.5) is 29.2 Å². The number of Topliss-reactive ketones (excluding diaryl/α,β-unsaturated/α-hetero) is 1. The minimum Gasteiger partial charge on any atom is -0.383 e. The number of nitrogens with one attached hydrogen (secondary N) is 9. The van der Waals surface area contributed by atoms with Crippen molar-refractivity contribution in [3.63, 3.8) is 0 Å². The number of nitrogens with zero attached hydrogens (tertiary/aromatic N) is 26. The molecule has 730 valence electrons. The summed E-state index contributed by atoms with van der Waals surface area (Å²) in [5, 5.41) is 15.5. The molecule has 21 N–H and O–H groups in total. The van der Waals surface area contributed by atoms with Crippen molar-refractivity contribution in [1.29, 1.82) is 0 Å². The van der Waals surface area contributed by atoms with Gasteiger partial charge in [-0.25, -0.2) is 64.2 Å². The fourth-order valence-corrected chi connectivity index (χ4v) is 13.7. The predicted octanol–water partition coefficient (Wildman–Crippen LogP) is -13.4. The van der Waals surface area contributed by atoms with Crippen molar-refractivity contribution >= 4 is 156 Å². The molecule has 138 heavy (non-hydrogen) atoms. The van der Waals surface area contributed by atoms with Gasteiger partial charge < -0.3 is 119 Å². The summed E-state index contributed by atoms with van der Waals surface area (Å²) in [6.45, 7) is -10.0. The molecular weight excluding hydrogens is 1820 g/mol. The van der Waals surface area contributed by atoms with Gasteiger partial charge in [-0.2, -0.15) is 9.97 Å². The Morgan fingerprint density at radius 1 is 0.333 bits per heavy atom. The van der Waals surface area contributed by atoms with Crippen molar-refractivity contribution in [3.8, 4) is 0 Å². The maximum atomic E-state index is 14.4. The number of anilines is 5. The van der Waals surface area contributed by atoms with Crippen LogP contribution in [-0.2, 0) is 113 Å². The Balaban J connectivity index is 0.740. The predicted molar refractivity (Wildman–Crippen MR) is 481 cm³/mol. The highest BCUT2D eigenvalue weighted by molar-refractivity contribution is 5.92. The third-order valence-electron chi connectivity index (χ3n) is 20.7. The lowest BCUT2D eigenvalue weighted by Gasteiger charge is -2.26. The number of aryl methyl sites for hydroxylation is 2. The number of nitrogen functional groups attached to an aromatic ring is 5. The summed E-state index contributed by atoms with van der Waals surface area (Å²) in [7, 11) is 0. The van der Waals surface area contributed by atoms with Crippen LogP contribution in [0.3, 0.4) is 0 Å². The number of hydrogen-bond donors (Lipinski definition) is 15. The summed E-state index contributed by atoms with van der Waals surface area (Å²) >= 11 is 0. The number of rotatable bonds is 48. The number of fused-ring (bicyclic) bond motifs is 4. The molecule has 0 bridgehead atoms. The van der Waals surface area contributed by atoms with Gasteiger partial charge in [-0.15, -0.1) is 0 Å². The Hall–Kier alpha value is -18.0. The summed E-state index contributed by atoms with van der Waals surface area (Å²) in [4.78, 5) is 333. The summed E-state index contributed by atoms with van der Waals surface area (Å²) in [6, 6.07) is 1.24. The van der Waals surface area contributed by atoms with Crippen LogP contribution >= 0.6 is 0 Å². The molecule has 61 nitrogen and oxygen atoms in total. The highest BCUT2D eigenvalue weighted by Gasteiger charge is 2.30. The van der Waals surface area contributed by atoms with E-state index >= 15 is 0 Å². The number of imidazole rings is 4. The fraction of sp³-hybridized carbons (Fsp3) is 0.403. The Bertz CT molecular complexity index is 6860. The van der Waals surface area contributed by atoms with Crippen molar-refractivity contribution in [3.05, 3.63) is 143 Å². The van der Waals surface area contributed by atoms with Gasteiger partial charge in [0.25, 0.3) is 16.7 Å². The molecule has 0 aliphatic carbocycles. The van der Waals surface area contributed by atoms with Gasteiger partial charge in [0.15, 0.2) is 45.6 Å². The van der Waals surface area contributed by atoms with E-state index in [-0.39, 0.29) is 131 Å². The quantitative estimate of drug-likeness (QED) is 0.0168. The Morgan fingerprint density at radius 3 is 0.920 bits per heavy atom. The molecule has 13 amide bonds. The van der Waals surface area contributed by atoms with Crippen molar-refractivity contribution in [1.82, 2.24) is 173 Å². The maximum Gasteiger partial charge on any atom is 0.349 e. The summed E-state index contributed by atoms with van der Waals surface area (Å²) in [5.41, 5.74) is 30.9. The van der Waals surface area contributed by atoms with Crippen LogP contribution in [0.15, 0.2) is 97.7 Å². The molecule has 0 radical (unpaired) electrons. The molecule has 0 spiro atoms. The molecule has 0 fully saturated rings. The number of carbonyl (C=O) groups excluding carboxylic acids is 14. The maximum absolute atomic E-state index is 14.4. The van der Waals surface area contributed by atoms with Crippen LogP contribution in [0, 0.1) is 13.8 Å². The molecule has 0 saturated heterocycles. The average Bonchev–Trinajstić information content (AvgIpc) is 1.51. The lowest BCUT2D eigenvalue weighted by molar-refractivity contribution is -0.138. The third kappa shape index (κ3) is 27.1. The smallest absolute Gasteiger partial charge is 0.349 e. The van der Waals surface area contributed by atoms with E-state index in [1.807, 2.05) is 0 Å².